The maximum Gasteiger partial charge on any atom is 0.123 e. The van der Waals surface area contributed by atoms with Crippen LogP contribution in [0.5, 0.6) is 0 Å². The molecule has 0 N–H and O–H groups in total. The first-order chi connectivity index (χ1) is 7.61. The van der Waals surface area contributed by atoms with Gasteiger partial charge in [0.2, 0.25) is 0 Å². The van der Waals surface area contributed by atoms with Gasteiger partial charge < -0.3 is 0 Å². The topological polar surface area (TPSA) is 0 Å². The fourth-order valence-corrected chi connectivity index (χ4v) is 2.06. The smallest absolute Gasteiger partial charge is 0.123 e. The SMILES string of the molecule is CC(C)CCC(CCl)Cc1cccc(F)c1. The summed E-state index contributed by atoms with van der Waals surface area (Å²) in [6.45, 7) is 4.43. The Kier molecular flexibility index (Phi) is 5.83. The highest BCUT2D eigenvalue weighted by Gasteiger charge is 2.09. The van der Waals surface area contributed by atoms with Crippen molar-refractivity contribution in [3.8, 4) is 0 Å². The molecule has 0 aliphatic heterocycles. The summed E-state index contributed by atoms with van der Waals surface area (Å²) in [7, 11) is 0. The zero-order valence-corrected chi connectivity index (χ0v) is 10.8. The fourth-order valence-electron chi connectivity index (χ4n) is 1.80. The summed E-state index contributed by atoms with van der Waals surface area (Å²) in [5.41, 5.74) is 1.05. The van der Waals surface area contributed by atoms with Crippen molar-refractivity contribution in [2.75, 3.05) is 5.88 Å². The third-order valence-electron chi connectivity index (χ3n) is 2.78. The van der Waals surface area contributed by atoms with Crippen LogP contribution in [-0.2, 0) is 6.42 Å². The van der Waals surface area contributed by atoms with Gasteiger partial charge in [-0.15, -0.1) is 11.6 Å². The van der Waals surface area contributed by atoms with Gasteiger partial charge in [0.15, 0.2) is 0 Å². The molecule has 0 aromatic heterocycles. The lowest BCUT2D eigenvalue weighted by atomic mass is 9.93. The molecule has 0 spiro atoms. The van der Waals surface area contributed by atoms with Gasteiger partial charge in [0.1, 0.15) is 5.82 Å². The molecule has 0 radical (unpaired) electrons. The van der Waals surface area contributed by atoms with Crippen LogP contribution in [0.15, 0.2) is 24.3 Å². The normalized spacial score (nSPS) is 13.1. The Balaban J connectivity index is 2.49. The molecule has 0 nitrogen and oxygen atoms in total. The molecule has 0 amide bonds. The molecular formula is C14H20ClF. The monoisotopic (exact) mass is 242 g/mol. The van der Waals surface area contributed by atoms with Crippen LogP contribution >= 0.6 is 11.6 Å². The van der Waals surface area contributed by atoms with Gasteiger partial charge in [-0.2, -0.15) is 0 Å². The molecular weight excluding hydrogens is 223 g/mol. The van der Waals surface area contributed by atoms with Crippen LogP contribution in [0.3, 0.4) is 0 Å². The predicted molar refractivity (Wildman–Crippen MR) is 68.4 cm³/mol. The second-order valence-electron chi connectivity index (χ2n) is 4.83. The molecule has 1 atom stereocenters. The van der Waals surface area contributed by atoms with Crippen molar-refractivity contribution in [3.05, 3.63) is 35.6 Å². The molecule has 1 unspecified atom stereocenters. The molecule has 0 fully saturated rings. The van der Waals surface area contributed by atoms with E-state index in [1.807, 2.05) is 6.07 Å². The van der Waals surface area contributed by atoms with Crippen LogP contribution in [-0.4, -0.2) is 5.88 Å². The molecule has 1 aromatic rings. The van der Waals surface area contributed by atoms with E-state index in [4.69, 9.17) is 11.6 Å². The van der Waals surface area contributed by atoms with Gasteiger partial charge in [-0.25, -0.2) is 4.39 Å². The van der Waals surface area contributed by atoms with Gasteiger partial charge in [-0.05, 0) is 42.4 Å². The van der Waals surface area contributed by atoms with Crippen LogP contribution < -0.4 is 0 Å². The van der Waals surface area contributed by atoms with Crippen LogP contribution in [0.4, 0.5) is 4.39 Å². The third kappa shape index (κ3) is 4.98. The molecule has 16 heavy (non-hydrogen) atoms. The molecule has 0 aliphatic carbocycles. The summed E-state index contributed by atoms with van der Waals surface area (Å²) >= 11 is 5.95. The van der Waals surface area contributed by atoms with Crippen molar-refractivity contribution in [2.24, 2.45) is 11.8 Å². The van der Waals surface area contributed by atoms with Gasteiger partial charge in [-0.3, -0.25) is 0 Å². The van der Waals surface area contributed by atoms with Crippen molar-refractivity contribution < 1.29 is 4.39 Å². The zero-order chi connectivity index (χ0) is 12.0. The Morgan fingerprint density at radius 2 is 2.00 bits per heavy atom. The second-order valence-corrected chi connectivity index (χ2v) is 5.13. The zero-order valence-electron chi connectivity index (χ0n) is 10.0. The Morgan fingerprint density at radius 1 is 1.25 bits per heavy atom. The fraction of sp³-hybridized carbons (Fsp3) is 0.571. The summed E-state index contributed by atoms with van der Waals surface area (Å²) in [5, 5.41) is 0. The highest BCUT2D eigenvalue weighted by atomic mass is 35.5. The van der Waals surface area contributed by atoms with Crippen molar-refractivity contribution in [2.45, 2.75) is 33.1 Å². The van der Waals surface area contributed by atoms with E-state index in [1.165, 1.54) is 12.5 Å². The molecule has 0 saturated carbocycles. The number of hydrogen-bond acceptors (Lipinski definition) is 0. The molecule has 2 heteroatoms. The predicted octanol–water partition coefficient (Wildman–Crippen LogP) is 4.66. The Hall–Kier alpha value is -0.560. The van der Waals surface area contributed by atoms with E-state index in [0.717, 1.165) is 18.4 Å². The first-order valence-corrected chi connectivity index (χ1v) is 6.45. The highest BCUT2D eigenvalue weighted by molar-refractivity contribution is 6.18. The van der Waals surface area contributed by atoms with Gasteiger partial charge in [0, 0.05) is 5.88 Å². The number of benzene rings is 1. The molecule has 0 saturated heterocycles. The third-order valence-corrected chi connectivity index (χ3v) is 3.22. The lowest BCUT2D eigenvalue weighted by molar-refractivity contribution is 0.451. The summed E-state index contributed by atoms with van der Waals surface area (Å²) in [4.78, 5) is 0. The molecule has 90 valence electrons. The lowest BCUT2D eigenvalue weighted by Crippen LogP contribution is -2.08. The average Bonchev–Trinajstić information content (AvgIpc) is 2.24. The minimum atomic E-state index is -0.158. The minimum Gasteiger partial charge on any atom is -0.207 e. The maximum absolute atomic E-state index is 13.0. The number of rotatable bonds is 6. The van der Waals surface area contributed by atoms with Crippen molar-refractivity contribution in [1.82, 2.24) is 0 Å². The molecule has 0 aliphatic rings. The lowest BCUT2D eigenvalue weighted by Gasteiger charge is -2.15. The number of halogens is 2. The number of alkyl halides is 1. The van der Waals surface area contributed by atoms with E-state index in [9.17, 15) is 4.39 Å². The van der Waals surface area contributed by atoms with E-state index in [1.54, 1.807) is 12.1 Å². The Labute approximate surface area is 103 Å². The highest BCUT2D eigenvalue weighted by Crippen LogP contribution is 2.19. The van der Waals surface area contributed by atoms with E-state index in [-0.39, 0.29) is 5.82 Å². The van der Waals surface area contributed by atoms with Crippen LogP contribution in [0.25, 0.3) is 0 Å². The Morgan fingerprint density at radius 3 is 2.56 bits per heavy atom. The maximum atomic E-state index is 13.0. The quantitative estimate of drug-likeness (QED) is 0.637. The Bertz CT molecular complexity index is 309. The summed E-state index contributed by atoms with van der Waals surface area (Å²) in [5.74, 6) is 1.67. The van der Waals surface area contributed by atoms with Crippen molar-refractivity contribution in [1.29, 1.82) is 0 Å². The van der Waals surface area contributed by atoms with E-state index < -0.39 is 0 Å². The van der Waals surface area contributed by atoms with Crippen LogP contribution in [0, 0.1) is 17.7 Å². The van der Waals surface area contributed by atoms with Gasteiger partial charge in [0.05, 0.1) is 0 Å². The number of hydrogen-bond donors (Lipinski definition) is 0. The van der Waals surface area contributed by atoms with E-state index in [2.05, 4.69) is 13.8 Å². The summed E-state index contributed by atoms with van der Waals surface area (Å²) in [6, 6.07) is 6.82. The first-order valence-electron chi connectivity index (χ1n) is 5.92. The van der Waals surface area contributed by atoms with Gasteiger partial charge in [0.25, 0.3) is 0 Å². The minimum absolute atomic E-state index is 0.158. The molecule has 1 aromatic carbocycles. The summed E-state index contributed by atoms with van der Waals surface area (Å²) < 4.78 is 13.0. The second kappa shape index (κ2) is 6.90. The molecule has 1 rings (SSSR count). The largest absolute Gasteiger partial charge is 0.207 e. The van der Waals surface area contributed by atoms with Gasteiger partial charge in [-0.1, -0.05) is 32.4 Å². The van der Waals surface area contributed by atoms with Crippen LogP contribution in [0.1, 0.15) is 32.3 Å². The van der Waals surface area contributed by atoms with E-state index in [0.29, 0.717) is 17.7 Å². The molecule has 0 heterocycles. The van der Waals surface area contributed by atoms with Crippen molar-refractivity contribution in [3.63, 3.8) is 0 Å². The van der Waals surface area contributed by atoms with Gasteiger partial charge >= 0.3 is 0 Å². The summed E-state index contributed by atoms with van der Waals surface area (Å²) in [6.07, 6.45) is 3.19. The molecule has 0 bridgehead atoms. The first kappa shape index (κ1) is 13.5. The average molecular weight is 243 g/mol. The van der Waals surface area contributed by atoms with Crippen LogP contribution in [0.2, 0.25) is 0 Å². The van der Waals surface area contributed by atoms with E-state index >= 15 is 0 Å². The van der Waals surface area contributed by atoms with Crippen molar-refractivity contribution >= 4 is 11.6 Å². The standard InChI is InChI=1S/C14H20ClF/c1-11(2)6-7-13(10-15)8-12-4-3-5-14(16)9-12/h3-5,9,11,13H,6-8,10H2,1-2H3.